The fraction of sp³-hybridized carbons (Fsp3) is 0.286. The van der Waals surface area contributed by atoms with Gasteiger partial charge in [0.2, 0.25) is 0 Å². The number of nitrogens with one attached hydrogen (secondary N) is 2. The number of carbonyl (C=O) groups excluding carboxylic acids is 1. The van der Waals surface area contributed by atoms with E-state index in [-0.39, 0.29) is 27.2 Å². The van der Waals surface area contributed by atoms with E-state index in [0.717, 1.165) is 0 Å². The monoisotopic (exact) mass is 370 g/mol. The van der Waals surface area contributed by atoms with Gasteiger partial charge in [0.15, 0.2) is 20.7 Å². The van der Waals surface area contributed by atoms with Gasteiger partial charge in [-0.1, -0.05) is 11.6 Å². The van der Waals surface area contributed by atoms with Crippen molar-refractivity contribution in [3.8, 4) is 0 Å². The lowest BCUT2D eigenvalue weighted by Crippen LogP contribution is -2.21. The summed E-state index contributed by atoms with van der Waals surface area (Å²) < 4.78 is 46.6. The van der Waals surface area contributed by atoms with Crippen molar-refractivity contribution in [1.82, 2.24) is 20.5 Å². The number of carbonyl (C=O) groups is 1. The standard InChI is InChI=1S/C14H14ClN5O3S/c1-16-14(21)12-9(7-11(15)19-20-12)18-13-10(3-2-6-17-13)24(22,23)8-4-5-8/h2-3,6-8H,4-5H2,1H3,(H,16,21)(H,17,18,19)/i1D3. The average Bonchev–Trinajstić information content (AvgIpc) is 3.39. The summed E-state index contributed by atoms with van der Waals surface area (Å²) in [5.41, 5.74) is -0.390. The van der Waals surface area contributed by atoms with Gasteiger partial charge in [0.05, 0.1) is 10.9 Å². The van der Waals surface area contributed by atoms with E-state index in [4.69, 9.17) is 15.7 Å². The molecule has 126 valence electrons. The normalized spacial score (nSPS) is 16.6. The maximum Gasteiger partial charge on any atom is 0.273 e. The van der Waals surface area contributed by atoms with Crippen molar-refractivity contribution in [2.75, 3.05) is 12.3 Å². The maximum absolute atomic E-state index is 12.6. The SMILES string of the molecule is [2H]C([2H])([2H])NC(=O)c1nnc(Cl)cc1Nc1ncccc1S(=O)(=O)C1CC1. The molecule has 1 amide bonds. The molecule has 0 spiro atoms. The van der Waals surface area contributed by atoms with Crippen molar-refractivity contribution in [3.05, 3.63) is 35.2 Å². The fourth-order valence-corrected chi connectivity index (χ4v) is 3.99. The van der Waals surface area contributed by atoms with Crippen LogP contribution >= 0.6 is 11.6 Å². The molecule has 2 aromatic rings. The first-order chi connectivity index (χ1) is 12.6. The van der Waals surface area contributed by atoms with Gasteiger partial charge in [-0.05, 0) is 25.0 Å². The maximum atomic E-state index is 12.6. The van der Waals surface area contributed by atoms with Crippen molar-refractivity contribution < 1.29 is 17.3 Å². The van der Waals surface area contributed by atoms with Gasteiger partial charge in [-0.2, -0.15) is 0 Å². The minimum absolute atomic E-state index is 0.0172. The number of amides is 1. The van der Waals surface area contributed by atoms with Gasteiger partial charge >= 0.3 is 0 Å². The van der Waals surface area contributed by atoms with E-state index < -0.39 is 28.0 Å². The van der Waals surface area contributed by atoms with E-state index in [9.17, 15) is 13.2 Å². The highest BCUT2D eigenvalue weighted by molar-refractivity contribution is 7.92. The van der Waals surface area contributed by atoms with Crippen LogP contribution in [-0.2, 0) is 9.84 Å². The predicted octanol–water partition coefficient (Wildman–Crippen LogP) is 1.56. The van der Waals surface area contributed by atoms with Gasteiger partial charge in [-0.3, -0.25) is 4.79 Å². The number of halogens is 1. The highest BCUT2D eigenvalue weighted by Gasteiger charge is 2.38. The summed E-state index contributed by atoms with van der Waals surface area (Å²) in [6.07, 6.45) is 2.53. The van der Waals surface area contributed by atoms with E-state index in [1.807, 2.05) is 0 Å². The third kappa shape index (κ3) is 3.17. The van der Waals surface area contributed by atoms with Gasteiger partial charge in [0, 0.05) is 23.4 Å². The van der Waals surface area contributed by atoms with Crippen molar-refractivity contribution in [1.29, 1.82) is 0 Å². The van der Waals surface area contributed by atoms with Gasteiger partial charge < -0.3 is 10.6 Å². The molecule has 2 N–H and O–H groups in total. The van der Waals surface area contributed by atoms with Crippen LogP contribution in [0.15, 0.2) is 29.3 Å². The molecule has 0 radical (unpaired) electrons. The Hall–Kier alpha value is -2.26. The molecule has 24 heavy (non-hydrogen) atoms. The quantitative estimate of drug-likeness (QED) is 0.820. The summed E-state index contributed by atoms with van der Waals surface area (Å²) in [6, 6.07) is 4.12. The summed E-state index contributed by atoms with van der Waals surface area (Å²) >= 11 is 5.82. The largest absolute Gasteiger partial charge is 0.354 e. The molecule has 3 rings (SSSR count). The van der Waals surface area contributed by atoms with Crippen LogP contribution in [0.2, 0.25) is 5.15 Å². The number of anilines is 2. The second-order valence-electron chi connectivity index (χ2n) is 5.10. The Kier molecular flexibility index (Phi) is 3.45. The van der Waals surface area contributed by atoms with Gasteiger partial charge in [0.1, 0.15) is 10.7 Å². The highest BCUT2D eigenvalue weighted by Crippen LogP contribution is 2.36. The summed E-state index contributed by atoms with van der Waals surface area (Å²) in [4.78, 5) is 16.2. The molecule has 8 nitrogen and oxygen atoms in total. The molecule has 1 aliphatic rings. The van der Waals surface area contributed by atoms with E-state index in [2.05, 4.69) is 20.5 Å². The van der Waals surface area contributed by atoms with E-state index in [1.54, 1.807) is 5.32 Å². The average molecular weight is 371 g/mol. The van der Waals surface area contributed by atoms with E-state index in [1.165, 1.54) is 24.4 Å². The van der Waals surface area contributed by atoms with Crippen LogP contribution < -0.4 is 10.6 Å². The Morgan fingerprint density at radius 2 is 2.21 bits per heavy atom. The van der Waals surface area contributed by atoms with Crippen LogP contribution in [0.1, 0.15) is 27.4 Å². The Morgan fingerprint density at radius 3 is 2.92 bits per heavy atom. The zero-order chi connectivity index (χ0) is 19.8. The van der Waals surface area contributed by atoms with Crippen molar-refractivity contribution in [3.63, 3.8) is 0 Å². The zero-order valence-corrected chi connectivity index (χ0v) is 13.7. The molecular weight excluding hydrogens is 354 g/mol. The second-order valence-corrected chi connectivity index (χ2v) is 7.69. The molecule has 2 aromatic heterocycles. The molecule has 10 heteroatoms. The molecule has 1 saturated carbocycles. The first kappa shape index (κ1) is 13.1. The second kappa shape index (κ2) is 6.33. The van der Waals surface area contributed by atoms with Gasteiger partial charge in [0.25, 0.3) is 5.91 Å². The Balaban J connectivity index is 2.00. The van der Waals surface area contributed by atoms with Crippen LogP contribution in [0, 0.1) is 0 Å². The molecular formula is C14H14ClN5O3S. The fourth-order valence-electron chi connectivity index (χ4n) is 2.09. The van der Waals surface area contributed by atoms with Crippen LogP contribution in [0.3, 0.4) is 0 Å². The summed E-state index contributed by atoms with van der Waals surface area (Å²) in [5.74, 6) is -1.04. The molecule has 0 saturated heterocycles. The number of aromatic nitrogens is 3. The Labute approximate surface area is 147 Å². The highest BCUT2D eigenvalue weighted by atomic mass is 35.5. The lowest BCUT2D eigenvalue weighted by atomic mass is 10.3. The molecule has 1 fully saturated rings. The summed E-state index contributed by atoms with van der Waals surface area (Å²) in [5, 5.41) is 11.1. The Morgan fingerprint density at radius 1 is 1.42 bits per heavy atom. The van der Waals surface area contributed by atoms with E-state index in [0.29, 0.717) is 12.8 Å². The lowest BCUT2D eigenvalue weighted by molar-refractivity contribution is 0.0958. The Bertz CT molecular complexity index is 996. The van der Waals surface area contributed by atoms with Crippen molar-refractivity contribution in [2.45, 2.75) is 23.0 Å². The smallest absolute Gasteiger partial charge is 0.273 e. The third-order valence-electron chi connectivity index (χ3n) is 3.39. The minimum atomic E-state index is -3.57. The first-order valence-electron chi connectivity index (χ1n) is 8.39. The number of nitrogens with zero attached hydrogens (tertiary/aromatic N) is 3. The van der Waals surface area contributed by atoms with E-state index >= 15 is 0 Å². The molecule has 0 aliphatic heterocycles. The third-order valence-corrected chi connectivity index (χ3v) is 5.86. The number of hydrogen-bond donors (Lipinski definition) is 2. The molecule has 0 unspecified atom stereocenters. The summed E-state index contributed by atoms with van der Waals surface area (Å²) in [6.45, 7) is -2.73. The number of sulfone groups is 1. The zero-order valence-electron chi connectivity index (χ0n) is 15.2. The number of rotatable bonds is 5. The molecule has 1 aliphatic carbocycles. The topological polar surface area (TPSA) is 114 Å². The van der Waals surface area contributed by atoms with Crippen LogP contribution in [-0.4, -0.2) is 41.7 Å². The van der Waals surface area contributed by atoms with Crippen LogP contribution in [0.25, 0.3) is 0 Å². The number of hydrogen-bond acceptors (Lipinski definition) is 7. The van der Waals surface area contributed by atoms with Crippen molar-refractivity contribution >= 4 is 38.9 Å². The van der Waals surface area contributed by atoms with Gasteiger partial charge in [-0.15, -0.1) is 10.2 Å². The van der Waals surface area contributed by atoms with Gasteiger partial charge in [-0.25, -0.2) is 13.4 Å². The lowest BCUT2D eigenvalue weighted by Gasteiger charge is -2.13. The summed E-state index contributed by atoms with van der Waals surface area (Å²) in [7, 11) is -3.57. The molecule has 0 atom stereocenters. The molecule has 0 bridgehead atoms. The molecule has 0 aromatic carbocycles. The van der Waals surface area contributed by atoms with Crippen LogP contribution in [0.4, 0.5) is 11.5 Å². The first-order valence-corrected chi connectivity index (χ1v) is 8.82. The minimum Gasteiger partial charge on any atom is -0.354 e. The predicted molar refractivity (Wildman–Crippen MR) is 88.2 cm³/mol. The molecule has 2 heterocycles. The van der Waals surface area contributed by atoms with Crippen LogP contribution in [0.5, 0.6) is 0 Å². The number of pyridine rings is 1. The van der Waals surface area contributed by atoms with Crippen molar-refractivity contribution in [2.24, 2.45) is 0 Å².